The number of hydrogen-bond acceptors (Lipinski definition) is 4. The van der Waals surface area contributed by atoms with E-state index in [9.17, 15) is 13.2 Å². The average Bonchev–Trinajstić information content (AvgIpc) is 2.59. The van der Waals surface area contributed by atoms with E-state index < -0.39 is 16.1 Å². The maximum Gasteiger partial charge on any atom is 0.243 e. The van der Waals surface area contributed by atoms with Gasteiger partial charge in [-0.15, -0.1) is 0 Å². The smallest absolute Gasteiger partial charge is 0.243 e. The van der Waals surface area contributed by atoms with E-state index in [0.717, 1.165) is 27.4 Å². The number of para-hydroxylation sites is 1. The van der Waals surface area contributed by atoms with Crippen LogP contribution >= 0.6 is 0 Å². The quantitative estimate of drug-likeness (QED) is 0.703. The van der Waals surface area contributed by atoms with Gasteiger partial charge >= 0.3 is 0 Å². The number of ether oxygens (including phenoxy) is 1. The maximum atomic E-state index is 12.5. The largest absolute Gasteiger partial charge is 0.491 e. The molecular formula is C20H26N2O4S. The topological polar surface area (TPSA) is 75.7 Å². The van der Waals surface area contributed by atoms with Gasteiger partial charge in [-0.05, 0) is 44.5 Å². The van der Waals surface area contributed by atoms with Gasteiger partial charge in [-0.1, -0.05) is 35.9 Å². The number of carbonyl (C=O) groups is 1. The van der Waals surface area contributed by atoms with Crippen LogP contribution < -0.4 is 14.4 Å². The van der Waals surface area contributed by atoms with Gasteiger partial charge in [0.2, 0.25) is 15.9 Å². The predicted molar refractivity (Wildman–Crippen MR) is 108 cm³/mol. The summed E-state index contributed by atoms with van der Waals surface area (Å²) in [7, 11) is -3.60. The summed E-state index contributed by atoms with van der Waals surface area (Å²) in [4.78, 5) is 12.5. The van der Waals surface area contributed by atoms with Gasteiger partial charge in [-0.25, -0.2) is 8.42 Å². The summed E-state index contributed by atoms with van der Waals surface area (Å²) in [6, 6.07) is 13.6. The van der Waals surface area contributed by atoms with Crippen molar-refractivity contribution in [3.8, 4) is 5.75 Å². The summed E-state index contributed by atoms with van der Waals surface area (Å²) in [5, 5.41) is 2.74. The number of benzene rings is 2. The fraction of sp³-hybridized carbons (Fsp3) is 0.350. The molecule has 0 aliphatic heterocycles. The molecule has 1 amide bonds. The van der Waals surface area contributed by atoms with Gasteiger partial charge in [0.15, 0.2) is 0 Å². The van der Waals surface area contributed by atoms with Crippen LogP contribution in [0.1, 0.15) is 18.1 Å². The van der Waals surface area contributed by atoms with Gasteiger partial charge in [0, 0.05) is 0 Å². The standard InChI is InChI=1S/C20H26N2O4S/c1-15-10-11-19(16(2)14-15)26-13-12-21-20(23)17(3)22(27(4,24)25)18-8-6-5-7-9-18/h5-11,14,17H,12-13H2,1-4H3,(H,21,23)/t17-/m1/s1. The fourth-order valence-corrected chi connectivity index (χ4v) is 4.00. The fourth-order valence-electron chi connectivity index (χ4n) is 2.83. The third-order valence-electron chi connectivity index (χ3n) is 4.09. The number of carbonyl (C=O) groups excluding carboxylic acids is 1. The lowest BCUT2D eigenvalue weighted by Crippen LogP contribution is -2.48. The van der Waals surface area contributed by atoms with Crippen molar-refractivity contribution in [3.63, 3.8) is 0 Å². The Morgan fingerprint density at radius 2 is 1.81 bits per heavy atom. The third kappa shape index (κ3) is 5.72. The second kappa shape index (κ2) is 8.90. The first-order valence-corrected chi connectivity index (χ1v) is 10.6. The lowest BCUT2D eigenvalue weighted by molar-refractivity contribution is -0.121. The number of nitrogens with one attached hydrogen (secondary N) is 1. The van der Waals surface area contributed by atoms with Crippen molar-refractivity contribution in [1.82, 2.24) is 5.32 Å². The Labute approximate surface area is 161 Å². The van der Waals surface area contributed by atoms with Crippen molar-refractivity contribution >= 4 is 21.6 Å². The first-order valence-electron chi connectivity index (χ1n) is 8.72. The van der Waals surface area contributed by atoms with Crippen LogP contribution in [-0.4, -0.2) is 39.8 Å². The molecule has 0 saturated heterocycles. The first-order chi connectivity index (χ1) is 12.7. The minimum atomic E-state index is -3.60. The molecule has 2 rings (SSSR count). The van der Waals surface area contributed by atoms with Gasteiger partial charge in [-0.3, -0.25) is 9.10 Å². The molecule has 0 bridgehead atoms. The van der Waals surface area contributed by atoms with E-state index in [2.05, 4.69) is 5.32 Å². The maximum absolute atomic E-state index is 12.5. The van der Waals surface area contributed by atoms with E-state index in [1.807, 2.05) is 32.0 Å². The molecule has 0 radical (unpaired) electrons. The van der Waals surface area contributed by atoms with E-state index >= 15 is 0 Å². The number of sulfonamides is 1. The van der Waals surface area contributed by atoms with Crippen LogP contribution in [0.5, 0.6) is 5.75 Å². The van der Waals surface area contributed by atoms with Crippen LogP contribution in [0.3, 0.4) is 0 Å². The third-order valence-corrected chi connectivity index (χ3v) is 5.33. The van der Waals surface area contributed by atoms with E-state index in [1.54, 1.807) is 37.3 Å². The summed E-state index contributed by atoms with van der Waals surface area (Å²) < 4.78 is 31.2. The number of rotatable bonds is 8. The van der Waals surface area contributed by atoms with E-state index in [-0.39, 0.29) is 12.5 Å². The van der Waals surface area contributed by atoms with Crippen molar-refractivity contribution in [3.05, 3.63) is 59.7 Å². The molecule has 0 aliphatic rings. The van der Waals surface area contributed by atoms with Crippen LogP contribution in [0.15, 0.2) is 48.5 Å². The molecule has 2 aromatic carbocycles. The minimum absolute atomic E-state index is 0.281. The van der Waals surface area contributed by atoms with Crippen LogP contribution in [0.2, 0.25) is 0 Å². The van der Waals surface area contributed by atoms with Crippen molar-refractivity contribution < 1.29 is 17.9 Å². The number of anilines is 1. The number of aryl methyl sites for hydroxylation is 2. The highest BCUT2D eigenvalue weighted by Gasteiger charge is 2.28. The van der Waals surface area contributed by atoms with Crippen LogP contribution in [0.25, 0.3) is 0 Å². The molecule has 146 valence electrons. The van der Waals surface area contributed by atoms with E-state index in [1.165, 1.54) is 0 Å². The monoisotopic (exact) mass is 390 g/mol. The minimum Gasteiger partial charge on any atom is -0.491 e. The molecule has 0 unspecified atom stereocenters. The highest BCUT2D eigenvalue weighted by Crippen LogP contribution is 2.20. The zero-order valence-electron chi connectivity index (χ0n) is 16.1. The highest BCUT2D eigenvalue weighted by atomic mass is 32.2. The molecule has 0 fully saturated rings. The molecule has 0 aromatic heterocycles. The summed E-state index contributed by atoms with van der Waals surface area (Å²) in [6.45, 7) is 6.12. The van der Waals surface area contributed by atoms with Crippen molar-refractivity contribution in [1.29, 1.82) is 0 Å². The molecule has 6 nitrogen and oxygen atoms in total. The normalized spacial score (nSPS) is 12.3. The van der Waals surface area contributed by atoms with Crippen molar-refractivity contribution in [2.75, 3.05) is 23.7 Å². The predicted octanol–water partition coefficient (Wildman–Crippen LogP) is 2.65. The van der Waals surface area contributed by atoms with Crippen molar-refractivity contribution in [2.45, 2.75) is 26.8 Å². The Bertz CT molecular complexity index is 882. The van der Waals surface area contributed by atoms with Gasteiger partial charge < -0.3 is 10.1 Å². The molecule has 2 aromatic rings. The zero-order chi connectivity index (χ0) is 20.0. The Balaban J connectivity index is 1.95. The van der Waals surface area contributed by atoms with E-state index in [4.69, 9.17) is 4.74 Å². The lowest BCUT2D eigenvalue weighted by Gasteiger charge is -2.28. The molecule has 27 heavy (non-hydrogen) atoms. The first kappa shape index (κ1) is 20.8. The SMILES string of the molecule is Cc1ccc(OCCNC(=O)[C@@H](C)N(c2ccccc2)S(C)(=O)=O)c(C)c1. The van der Waals surface area contributed by atoms with Gasteiger partial charge in [0.25, 0.3) is 0 Å². The van der Waals surface area contributed by atoms with E-state index in [0.29, 0.717) is 12.3 Å². The molecular weight excluding hydrogens is 364 g/mol. The Morgan fingerprint density at radius 1 is 1.15 bits per heavy atom. The molecule has 7 heteroatoms. The Kier molecular flexibility index (Phi) is 6.85. The van der Waals surface area contributed by atoms with Gasteiger partial charge in [0.05, 0.1) is 18.5 Å². The van der Waals surface area contributed by atoms with Crippen LogP contribution in [0, 0.1) is 13.8 Å². The average molecular weight is 391 g/mol. The summed E-state index contributed by atoms with van der Waals surface area (Å²) >= 11 is 0. The van der Waals surface area contributed by atoms with Crippen LogP contribution in [0.4, 0.5) is 5.69 Å². The molecule has 1 N–H and O–H groups in total. The zero-order valence-corrected chi connectivity index (χ0v) is 16.9. The molecule has 0 aliphatic carbocycles. The Morgan fingerprint density at radius 3 is 2.41 bits per heavy atom. The van der Waals surface area contributed by atoms with Gasteiger partial charge in [-0.2, -0.15) is 0 Å². The number of nitrogens with zero attached hydrogens (tertiary/aromatic N) is 1. The molecule has 0 heterocycles. The second-order valence-corrected chi connectivity index (χ2v) is 8.34. The summed E-state index contributed by atoms with van der Waals surface area (Å²) in [6.07, 6.45) is 1.09. The lowest BCUT2D eigenvalue weighted by atomic mass is 10.1. The van der Waals surface area contributed by atoms with Gasteiger partial charge in [0.1, 0.15) is 18.4 Å². The Hall–Kier alpha value is -2.54. The second-order valence-electron chi connectivity index (χ2n) is 6.48. The molecule has 0 spiro atoms. The molecule has 1 atom stereocenters. The molecule has 0 saturated carbocycles. The summed E-state index contributed by atoms with van der Waals surface area (Å²) in [5.41, 5.74) is 2.64. The number of amides is 1. The van der Waals surface area contributed by atoms with Crippen LogP contribution in [-0.2, 0) is 14.8 Å². The summed E-state index contributed by atoms with van der Waals surface area (Å²) in [5.74, 6) is 0.387. The number of hydrogen-bond donors (Lipinski definition) is 1. The van der Waals surface area contributed by atoms with Crippen molar-refractivity contribution in [2.24, 2.45) is 0 Å². The highest BCUT2D eigenvalue weighted by molar-refractivity contribution is 7.92.